The van der Waals surface area contributed by atoms with E-state index in [2.05, 4.69) is 38.4 Å². The lowest BCUT2D eigenvalue weighted by molar-refractivity contribution is -0.0329. The second kappa shape index (κ2) is 8.84. The Bertz CT molecular complexity index is 1100. The molecule has 0 saturated heterocycles. The van der Waals surface area contributed by atoms with E-state index in [1.54, 1.807) is 55.7 Å². The van der Waals surface area contributed by atoms with E-state index in [1.807, 2.05) is 0 Å². The Morgan fingerprint density at radius 3 is 2.62 bits per heavy atom. The van der Waals surface area contributed by atoms with E-state index in [9.17, 15) is 18.0 Å². The van der Waals surface area contributed by atoms with Gasteiger partial charge in [-0.25, -0.2) is 0 Å². The molecule has 2 aromatic heterocycles. The summed E-state index contributed by atoms with van der Waals surface area (Å²) in [4.78, 5) is 11.5. The number of thioether (sulfide) groups is 1. The number of carbonyl (C=O) groups excluding carboxylic acids is 1. The van der Waals surface area contributed by atoms with Crippen molar-refractivity contribution in [2.45, 2.75) is 10.5 Å². The van der Waals surface area contributed by atoms with Crippen molar-refractivity contribution in [3.05, 3.63) is 64.3 Å². The highest BCUT2D eigenvalue weighted by Gasteiger charge is 2.32. The maximum Gasteiger partial charge on any atom is 0.447 e. The minimum absolute atomic E-state index is 0.0243. The number of fused-ring (bicyclic) bond motifs is 1. The Labute approximate surface area is 178 Å². The lowest BCUT2D eigenvalue weighted by Crippen LogP contribution is -2.17. The Balaban J connectivity index is 1.78. The van der Waals surface area contributed by atoms with Crippen molar-refractivity contribution in [2.24, 2.45) is 0 Å². The zero-order chi connectivity index (χ0) is 21.0. The predicted octanol–water partition coefficient (Wildman–Crippen LogP) is 5.14. The zero-order valence-electron chi connectivity index (χ0n) is 15.1. The van der Waals surface area contributed by atoms with Crippen LogP contribution in [0.1, 0.15) is 15.9 Å². The number of amides is 1. The van der Waals surface area contributed by atoms with E-state index >= 15 is 0 Å². The monoisotopic (exact) mass is 481 g/mol. The predicted molar refractivity (Wildman–Crippen MR) is 112 cm³/mol. The van der Waals surface area contributed by atoms with Crippen LogP contribution in [0.25, 0.3) is 5.52 Å². The maximum absolute atomic E-state index is 13.0. The molecule has 0 bridgehead atoms. The fourth-order valence-corrected chi connectivity index (χ4v) is 3.77. The number of aromatic nitrogens is 1. The van der Waals surface area contributed by atoms with Crippen molar-refractivity contribution in [3.8, 4) is 11.8 Å². The highest BCUT2D eigenvalue weighted by Crippen LogP contribution is 2.40. The lowest BCUT2D eigenvalue weighted by atomic mass is 10.2. The number of rotatable bonds is 4. The van der Waals surface area contributed by atoms with E-state index in [4.69, 9.17) is 0 Å². The molecule has 4 nitrogen and oxygen atoms in total. The Kier molecular flexibility index (Phi) is 6.45. The minimum Gasteiger partial charge on any atom is -0.374 e. The van der Waals surface area contributed by atoms with Gasteiger partial charge in [0.05, 0.1) is 17.6 Å². The second-order valence-electron chi connectivity index (χ2n) is 5.83. The molecule has 0 saturated carbocycles. The molecule has 150 valence electrons. The van der Waals surface area contributed by atoms with E-state index < -0.39 is 5.51 Å². The van der Waals surface area contributed by atoms with Crippen LogP contribution < -0.4 is 10.6 Å². The molecule has 3 rings (SSSR count). The largest absolute Gasteiger partial charge is 0.447 e. The molecule has 2 heterocycles. The van der Waals surface area contributed by atoms with Gasteiger partial charge in [-0.05, 0) is 58.4 Å². The number of hydrogen-bond acceptors (Lipinski definition) is 3. The van der Waals surface area contributed by atoms with Crippen molar-refractivity contribution >= 4 is 44.8 Å². The van der Waals surface area contributed by atoms with Gasteiger partial charge >= 0.3 is 5.51 Å². The quantitative estimate of drug-likeness (QED) is 0.400. The average molecular weight is 482 g/mol. The topological polar surface area (TPSA) is 45.5 Å². The first kappa shape index (κ1) is 21.1. The van der Waals surface area contributed by atoms with Crippen LogP contribution in [-0.4, -0.2) is 29.4 Å². The molecule has 0 spiro atoms. The summed E-state index contributed by atoms with van der Waals surface area (Å²) in [6.45, 7) is 0.239. The minimum atomic E-state index is -4.42. The lowest BCUT2D eigenvalue weighted by Gasteiger charge is -2.07. The smallest absolute Gasteiger partial charge is 0.374 e. The van der Waals surface area contributed by atoms with Crippen LogP contribution in [-0.2, 0) is 0 Å². The molecule has 3 aromatic rings. The Morgan fingerprint density at radius 2 is 1.97 bits per heavy atom. The SMILES string of the molecule is CNC(=O)c1ccc(NCC#Cc2cc3c(Br)cccn3c2SC(F)(F)F)cc1. The summed E-state index contributed by atoms with van der Waals surface area (Å²) in [6, 6.07) is 11.9. The molecular formula is C20H15BrF3N3OS. The third-order valence-corrected chi connectivity index (χ3v) is 5.41. The van der Waals surface area contributed by atoms with Crippen molar-refractivity contribution in [2.75, 3.05) is 18.9 Å². The normalized spacial score (nSPS) is 11.1. The molecule has 0 aliphatic carbocycles. The molecule has 0 radical (unpaired) electrons. The van der Waals surface area contributed by atoms with Gasteiger partial charge < -0.3 is 15.0 Å². The molecule has 1 aromatic carbocycles. The van der Waals surface area contributed by atoms with Crippen molar-refractivity contribution < 1.29 is 18.0 Å². The third-order valence-electron chi connectivity index (χ3n) is 3.90. The van der Waals surface area contributed by atoms with E-state index in [0.717, 1.165) is 5.69 Å². The van der Waals surface area contributed by atoms with Crippen LogP contribution in [0.3, 0.4) is 0 Å². The van der Waals surface area contributed by atoms with Crippen LogP contribution in [0, 0.1) is 11.8 Å². The molecule has 9 heteroatoms. The van der Waals surface area contributed by atoms with Gasteiger partial charge in [0.1, 0.15) is 5.03 Å². The maximum atomic E-state index is 13.0. The van der Waals surface area contributed by atoms with Gasteiger partial charge in [0, 0.05) is 40.7 Å². The number of anilines is 1. The first-order valence-corrected chi connectivity index (χ1v) is 9.99. The van der Waals surface area contributed by atoms with Crippen LogP contribution in [0.2, 0.25) is 0 Å². The summed E-state index contributed by atoms with van der Waals surface area (Å²) in [5.41, 5.74) is -2.22. The van der Waals surface area contributed by atoms with Crippen LogP contribution in [0.5, 0.6) is 0 Å². The Morgan fingerprint density at radius 1 is 1.24 bits per heavy atom. The number of benzene rings is 1. The number of carbonyl (C=O) groups is 1. The first-order chi connectivity index (χ1) is 13.8. The highest BCUT2D eigenvalue weighted by molar-refractivity contribution is 9.10. The van der Waals surface area contributed by atoms with Gasteiger partial charge in [0.25, 0.3) is 5.91 Å². The molecule has 0 unspecified atom stereocenters. The van der Waals surface area contributed by atoms with Crippen molar-refractivity contribution in [1.29, 1.82) is 0 Å². The molecule has 29 heavy (non-hydrogen) atoms. The molecule has 0 aliphatic heterocycles. The summed E-state index contributed by atoms with van der Waals surface area (Å²) in [5.74, 6) is 5.50. The number of halogens is 4. The molecule has 0 aliphatic rings. The molecule has 2 N–H and O–H groups in total. The molecule has 0 atom stereocenters. The summed E-state index contributed by atoms with van der Waals surface area (Å²) in [6.07, 6.45) is 1.58. The van der Waals surface area contributed by atoms with Crippen LogP contribution >= 0.6 is 27.7 Å². The summed E-state index contributed by atoms with van der Waals surface area (Å²) in [7, 11) is 1.55. The zero-order valence-corrected chi connectivity index (χ0v) is 17.5. The summed E-state index contributed by atoms with van der Waals surface area (Å²) < 4.78 is 41.2. The van der Waals surface area contributed by atoms with Gasteiger partial charge in [-0.3, -0.25) is 4.79 Å². The number of pyridine rings is 1. The molecular weight excluding hydrogens is 467 g/mol. The summed E-state index contributed by atoms with van der Waals surface area (Å²) in [5, 5.41) is 5.62. The van der Waals surface area contributed by atoms with E-state index in [0.29, 0.717) is 21.1 Å². The van der Waals surface area contributed by atoms with Gasteiger partial charge in [-0.1, -0.05) is 11.8 Å². The average Bonchev–Trinajstić information content (AvgIpc) is 3.02. The number of alkyl halides is 3. The highest BCUT2D eigenvalue weighted by atomic mass is 79.9. The fraction of sp³-hybridized carbons (Fsp3) is 0.150. The standard InChI is InChI=1S/C20H15BrF3N3OS/c1-25-18(28)13-6-8-15(9-7-13)26-10-2-4-14-12-17-16(21)5-3-11-27(17)19(14)29-20(22,23)24/h3,5-9,11-12,26H,10H2,1H3,(H,25,28). The molecule has 1 amide bonds. The van der Waals surface area contributed by atoms with Crippen LogP contribution in [0.4, 0.5) is 18.9 Å². The number of hydrogen-bond donors (Lipinski definition) is 2. The third kappa shape index (κ3) is 5.28. The fourth-order valence-electron chi connectivity index (χ4n) is 2.61. The van der Waals surface area contributed by atoms with Crippen LogP contribution in [0.15, 0.2) is 58.2 Å². The van der Waals surface area contributed by atoms with Crippen molar-refractivity contribution in [3.63, 3.8) is 0 Å². The van der Waals surface area contributed by atoms with Crippen molar-refractivity contribution in [1.82, 2.24) is 9.72 Å². The second-order valence-corrected chi connectivity index (χ2v) is 7.74. The molecule has 0 fully saturated rings. The first-order valence-electron chi connectivity index (χ1n) is 8.38. The van der Waals surface area contributed by atoms with Gasteiger partial charge in [0.15, 0.2) is 0 Å². The van der Waals surface area contributed by atoms with Gasteiger partial charge in [-0.15, -0.1) is 0 Å². The number of nitrogens with zero attached hydrogens (tertiary/aromatic N) is 1. The van der Waals surface area contributed by atoms with Gasteiger partial charge in [0.2, 0.25) is 0 Å². The Hall–Kier alpha value is -2.57. The van der Waals surface area contributed by atoms with Gasteiger partial charge in [-0.2, -0.15) is 13.2 Å². The summed E-state index contributed by atoms with van der Waals surface area (Å²) >= 11 is 3.17. The van der Waals surface area contributed by atoms with E-state index in [1.165, 1.54) is 4.40 Å². The number of nitrogens with one attached hydrogen (secondary N) is 2. The van der Waals surface area contributed by atoms with E-state index in [-0.39, 0.29) is 29.2 Å².